The summed E-state index contributed by atoms with van der Waals surface area (Å²) in [5.41, 5.74) is 7.04. The van der Waals surface area contributed by atoms with Crippen molar-refractivity contribution in [3.8, 4) is 12.1 Å². The topological polar surface area (TPSA) is 114 Å². The maximum Gasteiger partial charge on any atom is 0.316 e. The van der Waals surface area contributed by atoms with E-state index in [0.717, 1.165) is 18.2 Å². The van der Waals surface area contributed by atoms with Gasteiger partial charge in [-0.25, -0.2) is 4.98 Å². The van der Waals surface area contributed by atoms with Crippen LogP contribution < -0.4 is 10.7 Å². The molecule has 0 aromatic carbocycles. The van der Waals surface area contributed by atoms with Gasteiger partial charge in [0, 0.05) is 5.56 Å². The number of ether oxygens (including phenoxy) is 1. The average molecular weight is 305 g/mol. The van der Waals surface area contributed by atoms with E-state index < -0.39 is 0 Å². The maximum absolute atomic E-state index is 11.5. The lowest BCUT2D eigenvalue weighted by Crippen LogP contribution is -2.20. The van der Waals surface area contributed by atoms with Gasteiger partial charge in [-0.2, -0.15) is 10.5 Å². The van der Waals surface area contributed by atoms with Crippen LogP contribution in [0.5, 0.6) is 0 Å². The summed E-state index contributed by atoms with van der Waals surface area (Å²) >= 11 is 1.15. The molecule has 0 atom stereocenters. The number of nitrogens with one attached hydrogen (secondary N) is 1. The lowest BCUT2D eigenvalue weighted by atomic mass is 10.0. The fourth-order valence-corrected chi connectivity index (χ4v) is 2.61. The number of nitrogens with two attached hydrogens (primary N) is 1. The molecule has 0 aliphatic heterocycles. The van der Waals surface area contributed by atoms with E-state index in [-0.39, 0.29) is 23.1 Å². The number of thioether (sulfide) groups is 1. The van der Waals surface area contributed by atoms with Crippen molar-refractivity contribution in [2.45, 2.75) is 31.7 Å². The lowest BCUT2D eigenvalue weighted by molar-refractivity contribution is -0.410. The Labute approximate surface area is 127 Å². The Morgan fingerprint density at radius 2 is 2.00 bits per heavy atom. The molecular weight excluding hydrogens is 288 g/mol. The predicted octanol–water partition coefficient (Wildman–Crippen LogP) is 1.43. The molecule has 0 aliphatic carbocycles. The van der Waals surface area contributed by atoms with Crippen LogP contribution >= 0.6 is 11.8 Å². The molecule has 6 nitrogen and oxygen atoms in total. The van der Waals surface area contributed by atoms with Crippen LogP contribution in [0.2, 0.25) is 0 Å². The molecule has 110 valence electrons. The van der Waals surface area contributed by atoms with Gasteiger partial charge in [0.05, 0.1) is 12.4 Å². The minimum absolute atomic E-state index is 0.0830. The number of hydrogen-bond donors (Lipinski definition) is 1. The molecule has 1 heterocycles. The van der Waals surface area contributed by atoms with E-state index in [1.807, 2.05) is 19.9 Å². The number of rotatable bonds is 6. The summed E-state index contributed by atoms with van der Waals surface area (Å²) in [7, 11) is 0. The number of carbonyl (C=O) groups is 1. The lowest BCUT2D eigenvalue weighted by Gasteiger charge is -2.08. The van der Waals surface area contributed by atoms with Gasteiger partial charge in [0.2, 0.25) is 0 Å². The summed E-state index contributed by atoms with van der Waals surface area (Å²) in [6.07, 6.45) is 1.27. The zero-order valence-corrected chi connectivity index (χ0v) is 12.8. The fourth-order valence-electron chi connectivity index (χ4n) is 1.77. The minimum Gasteiger partial charge on any atom is -0.465 e. The number of nitriles is 2. The molecule has 0 saturated heterocycles. The first-order valence-corrected chi connectivity index (χ1v) is 7.53. The number of pyridine rings is 1. The number of nitrogen functional groups attached to an aromatic ring is 1. The zero-order chi connectivity index (χ0) is 15.8. The fraction of sp³-hybridized carbons (Fsp3) is 0.429. The molecule has 0 bridgehead atoms. The van der Waals surface area contributed by atoms with Crippen molar-refractivity contribution in [2.75, 3.05) is 18.1 Å². The SMILES string of the molecule is CCCOC(=O)CSc1[nH+]c(N)c(C#N)c(CC)c1C#N. The van der Waals surface area contributed by atoms with Crippen LogP contribution in [0.3, 0.4) is 0 Å². The molecule has 0 saturated carbocycles. The Morgan fingerprint density at radius 3 is 2.52 bits per heavy atom. The van der Waals surface area contributed by atoms with Crippen molar-refractivity contribution in [3.63, 3.8) is 0 Å². The predicted molar refractivity (Wildman–Crippen MR) is 78.2 cm³/mol. The molecule has 7 heteroatoms. The Balaban J connectivity index is 3.04. The van der Waals surface area contributed by atoms with Crippen molar-refractivity contribution in [1.82, 2.24) is 0 Å². The van der Waals surface area contributed by atoms with Gasteiger partial charge in [-0.3, -0.25) is 10.5 Å². The molecule has 0 unspecified atom stereocenters. The molecular formula is C14H17N4O2S+. The highest BCUT2D eigenvalue weighted by atomic mass is 32.2. The van der Waals surface area contributed by atoms with E-state index >= 15 is 0 Å². The first-order chi connectivity index (χ1) is 10.1. The van der Waals surface area contributed by atoms with E-state index in [0.29, 0.717) is 29.2 Å². The van der Waals surface area contributed by atoms with Crippen LogP contribution in [-0.4, -0.2) is 18.3 Å². The number of esters is 1. The molecule has 0 amide bonds. The molecule has 0 radical (unpaired) electrons. The molecule has 21 heavy (non-hydrogen) atoms. The second-order valence-electron chi connectivity index (χ2n) is 4.18. The van der Waals surface area contributed by atoms with Gasteiger partial charge < -0.3 is 4.74 Å². The first-order valence-electron chi connectivity index (χ1n) is 6.55. The summed E-state index contributed by atoms with van der Waals surface area (Å²) in [6.45, 7) is 4.14. The number of aromatic amines is 1. The quantitative estimate of drug-likeness (QED) is 0.628. The number of aromatic nitrogens is 1. The summed E-state index contributed by atoms with van der Waals surface area (Å²) in [5, 5.41) is 18.9. The van der Waals surface area contributed by atoms with Crippen LogP contribution in [0.15, 0.2) is 5.03 Å². The highest BCUT2D eigenvalue weighted by Gasteiger charge is 2.22. The Hall–Kier alpha value is -2.25. The molecule has 3 N–H and O–H groups in total. The zero-order valence-electron chi connectivity index (χ0n) is 12.0. The summed E-state index contributed by atoms with van der Waals surface area (Å²) < 4.78 is 4.98. The molecule has 0 spiro atoms. The molecule has 1 aromatic heterocycles. The number of H-pyrrole nitrogens is 1. The Bertz CT molecular complexity index is 617. The van der Waals surface area contributed by atoms with Crippen LogP contribution in [0.4, 0.5) is 5.82 Å². The Kier molecular flexibility index (Phi) is 6.51. The summed E-state index contributed by atoms with van der Waals surface area (Å²) in [5.74, 6) is -0.0578. The van der Waals surface area contributed by atoms with Crippen molar-refractivity contribution in [1.29, 1.82) is 10.5 Å². The third kappa shape index (κ3) is 4.11. The van der Waals surface area contributed by atoms with Gasteiger partial charge in [0.1, 0.15) is 23.3 Å². The summed E-state index contributed by atoms with van der Waals surface area (Å²) in [4.78, 5) is 14.3. The minimum atomic E-state index is -0.347. The van der Waals surface area contributed by atoms with Crippen molar-refractivity contribution < 1.29 is 14.5 Å². The molecule has 0 fully saturated rings. The Morgan fingerprint density at radius 1 is 1.33 bits per heavy atom. The number of hydrogen-bond acceptors (Lipinski definition) is 6. The van der Waals surface area contributed by atoms with E-state index in [1.165, 1.54) is 0 Å². The van der Waals surface area contributed by atoms with Gasteiger partial charge in [-0.15, -0.1) is 0 Å². The highest BCUT2D eigenvalue weighted by Crippen LogP contribution is 2.25. The highest BCUT2D eigenvalue weighted by molar-refractivity contribution is 7.99. The van der Waals surface area contributed by atoms with Crippen molar-refractivity contribution in [2.24, 2.45) is 0 Å². The van der Waals surface area contributed by atoms with Gasteiger partial charge in [-0.05, 0) is 12.8 Å². The number of nitrogens with zero attached hydrogens (tertiary/aromatic N) is 2. The number of carbonyl (C=O) groups excluding carboxylic acids is 1. The van der Waals surface area contributed by atoms with E-state index in [2.05, 4.69) is 11.1 Å². The van der Waals surface area contributed by atoms with Crippen LogP contribution in [0, 0.1) is 22.7 Å². The monoisotopic (exact) mass is 305 g/mol. The normalized spacial score (nSPS) is 9.71. The van der Waals surface area contributed by atoms with Crippen molar-refractivity contribution in [3.05, 3.63) is 16.7 Å². The van der Waals surface area contributed by atoms with Gasteiger partial charge in [0.15, 0.2) is 5.03 Å². The molecule has 1 aromatic rings. The number of anilines is 1. The molecule has 1 rings (SSSR count). The van der Waals surface area contributed by atoms with Gasteiger partial charge in [-0.1, -0.05) is 25.6 Å². The maximum atomic E-state index is 11.5. The average Bonchev–Trinajstić information content (AvgIpc) is 2.49. The first kappa shape index (κ1) is 16.8. The molecule has 0 aliphatic rings. The van der Waals surface area contributed by atoms with Crippen molar-refractivity contribution >= 4 is 23.5 Å². The van der Waals surface area contributed by atoms with Crippen LogP contribution in [0.1, 0.15) is 37.0 Å². The van der Waals surface area contributed by atoms with E-state index in [1.54, 1.807) is 0 Å². The largest absolute Gasteiger partial charge is 0.465 e. The van der Waals surface area contributed by atoms with Gasteiger partial charge in [0.25, 0.3) is 5.82 Å². The van der Waals surface area contributed by atoms with Crippen LogP contribution in [0.25, 0.3) is 0 Å². The van der Waals surface area contributed by atoms with E-state index in [9.17, 15) is 10.1 Å². The summed E-state index contributed by atoms with van der Waals surface area (Å²) in [6, 6.07) is 4.07. The second kappa shape index (κ2) is 8.13. The van der Waals surface area contributed by atoms with Crippen LogP contribution in [-0.2, 0) is 16.0 Å². The third-order valence-corrected chi connectivity index (χ3v) is 3.70. The van der Waals surface area contributed by atoms with Gasteiger partial charge >= 0.3 is 5.97 Å². The third-order valence-electron chi connectivity index (χ3n) is 2.73. The van der Waals surface area contributed by atoms with E-state index in [4.69, 9.17) is 15.7 Å². The smallest absolute Gasteiger partial charge is 0.316 e. The second-order valence-corrected chi connectivity index (χ2v) is 5.17. The standard InChI is InChI=1S/C14H16N4O2S/c1-3-5-20-12(19)8-21-14-11(7-16)9(4-2)10(6-15)13(17)18-14/h3-5,8H2,1-2H3,(H2,17,18)/p+1.